The van der Waals surface area contributed by atoms with Crippen molar-refractivity contribution in [2.75, 3.05) is 18.5 Å². The second-order valence-corrected chi connectivity index (χ2v) is 4.24. The second kappa shape index (κ2) is 5.17. The van der Waals surface area contributed by atoms with Gasteiger partial charge in [0, 0.05) is 5.02 Å². The lowest BCUT2D eigenvalue weighted by molar-refractivity contribution is 0.147. The van der Waals surface area contributed by atoms with Crippen molar-refractivity contribution >= 4 is 17.3 Å². The average Bonchev–Trinajstić information content (AvgIpc) is 2.29. The predicted octanol–water partition coefficient (Wildman–Crippen LogP) is 1.37. The molecule has 5 heteroatoms. The molecule has 0 fully saturated rings. The van der Waals surface area contributed by atoms with Gasteiger partial charge >= 0.3 is 0 Å². The molecule has 0 radical (unpaired) electrons. The maximum Gasteiger partial charge on any atom is 0.101 e. The summed E-state index contributed by atoms with van der Waals surface area (Å²) in [5.41, 5.74) is 0.0362. The molecule has 1 rings (SSSR count). The summed E-state index contributed by atoms with van der Waals surface area (Å²) in [4.78, 5) is 0. The van der Waals surface area contributed by atoms with E-state index >= 15 is 0 Å². The fraction of sp³-hybridized carbons (Fsp3) is 0.364. The molecule has 16 heavy (non-hydrogen) atoms. The summed E-state index contributed by atoms with van der Waals surface area (Å²) < 4.78 is 0. The van der Waals surface area contributed by atoms with E-state index < -0.39 is 5.54 Å². The number of hydrogen-bond donors (Lipinski definition) is 3. The van der Waals surface area contributed by atoms with E-state index in [4.69, 9.17) is 27.1 Å². The highest BCUT2D eigenvalue weighted by molar-refractivity contribution is 6.30. The highest BCUT2D eigenvalue weighted by Gasteiger charge is 2.23. The summed E-state index contributed by atoms with van der Waals surface area (Å²) >= 11 is 5.81. The van der Waals surface area contributed by atoms with Crippen LogP contribution in [0.15, 0.2) is 18.2 Å². The van der Waals surface area contributed by atoms with Crippen LogP contribution >= 0.6 is 11.6 Å². The van der Waals surface area contributed by atoms with E-state index in [-0.39, 0.29) is 13.2 Å². The fourth-order valence-electron chi connectivity index (χ4n) is 1.17. The molecule has 0 bridgehead atoms. The van der Waals surface area contributed by atoms with Gasteiger partial charge in [0.15, 0.2) is 0 Å². The fourth-order valence-corrected chi connectivity index (χ4v) is 1.34. The van der Waals surface area contributed by atoms with Crippen LogP contribution in [0.4, 0.5) is 5.69 Å². The smallest absolute Gasteiger partial charge is 0.101 e. The van der Waals surface area contributed by atoms with E-state index in [9.17, 15) is 0 Å². The molecule has 4 nitrogen and oxygen atoms in total. The number of aliphatic hydroxyl groups is 2. The van der Waals surface area contributed by atoms with E-state index in [0.717, 1.165) is 0 Å². The molecule has 0 atom stereocenters. The van der Waals surface area contributed by atoms with Crippen LogP contribution in [-0.4, -0.2) is 29.0 Å². The number of nitriles is 1. The summed E-state index contributed by atoms with van der Waals surface area (Å²) in [6, 6.07) is 6.79. The van der Waals surface area contributed by atoms with E-state index in [1.807, 2.05) is 6.07 Å². The molecule has 0 aromatic heterocycles. The van der Waals surface area contributed by atoms with Gasteiger partial charge in [0.25, 0.3) is 0 Å². The molecule has 0 unspecified atom stereocenters. The first-order chi connectivity index (χ1) is 7.54. The summed E-state index contributed by atoms with van der Waals surface area (Å²) in [6.45, 7) is 1.15. The van der Waals surface area contributed by atoms with Crippen LogP contribution < -0.4 is 5.32 Å². The highest BCUT2D eigenvalue weighted by Crippen LogP contribution is 2.23. The van der Waals surface area contributed by atoms with Gasteiger partial charge < -0.3 is 15.5 Å². The van der Waals surface area contributed by atoms with Crippen molar-refractivity contribution in [1.29, 1.82) is 5.26 Å². The van der Waals surface area contributed by atoms with Gasteiger partial charge in [0.1, 0.15) is 6.07 Å². The first kappa shape index (κ1) is 12.8. The third kappa shape index (κ3) is 2.86. The van der Waals surface area contributed by atoms with E-state index in [1.165, 1.54) is 0 Å². The van der Waals surface area contributed by atoms with Gasteiger partial charge in [-0.25, -0.2) is 0 Å². The zero-order valence-electron chi connectivity index (χ0n) is 8.87. The normalized spacial score (nSPS) is 10.9. The monoisotopic (exact) mass is 240 g/mol. The van der Waals surface area contributed by atoms with Crippen LogP contribution in [0.3, 0.4) is 0 Å². The number of rotatable bonds is 4. The van der Waals surface area contributed by atoms with Crippen LogP contribution in [0.2, 0.25) is 5.02 Å². The maximum absolute atomic E-state index is 9.14. The largest absolute Gasteiger partial charge is 0.394 e. The third-order valence-electron chi connectivity index (χ3n) is 2.24. The molecule has 0 spiro atoms. The first-order valence-corrected chi connectivity index (χ1v) is 5.12. The van der Waals surface area contributed by atoms with E-state index in [0.29, 0.717) is 16.3 Å². The van der Waals surface area contributed by atoms with Gasteiger partial charge in [-0.05, 0) is 25.1 Å². The van der Waals surface area contributed by atoms with E-state index in [2.05, 4.69) is 5.32 Å². The van der Waals surface area contributed by atoms with Crippen LogP contribution in [0, 0.1) is 11.3 Å². The number of nitrogens with one attached hydrogen (secondary N) is 1. The predicted molar refractivity (Wildman–Crippen MR) is 62.4 cm³/mol. The average molecular weight is 241 g/mol. The van der Waals surface area contributed by atoms with Gasteiger partial charge in [-0.1, -0.05) is 11.6 Å². The number of anilines is 1. The minimum Gasteiger partial charge on any atom is -0.394 e. The summed E-state index contributed by atoms with van der Waals surface area (Å²) in [5, 5.41) is 30.6. The number of nitrogens with zero attached hydrogens (tertiary/aromatic N) is 1. The zero-order valence-corrected chi connectivity index (χ0v) is 9.62. The molecule has 0 amide bonds. The Morgan fingerprint density at radius 1 is 1.44 bits per heavy atom. The topological polar surface area (TPSA) is 76.3 Å². The van der Waals surface area contributed by atoms with Gasteiger partial charge in [-0.3, -0.25) is 0 Å². The van der Waals surface area contributed by atoms with Crippen molar-refractivity contribution in [2.24, 2.45) is 0 Å². The van der Waals surface area contributed by atoms with Crippen molar-refractivity contribution in [3.63, 3.8) is 0 Å². The molecule has 1 aromatic carbocycles. The van der Waals surface area contributed by atoms with Gasteiger partial charge in [0.05, 0.1) is 30.0 Å². The van der Waals surface area contributed by atoms with Crippen LogP contribution in [0.5, 0.6) is 0 Å². The molecule has 86 valence electrons. The van der Waals surface area contributed by atoms with Crippen LogP contribution in [0.1, 0.15) is 12.5 Å². The van der Waals surface area contributed by atoms with Crippen molar-refractivity contribution in [1.82, 2.24) is 0 Å². The molecule has 1 aromatic rings. The van der Waals surface area contributed by atoms with Crippen molar-refractivity contribution < 1.29 is 10.2 Å². The molecular weight excluding hydrogens is 228 g/mol. The van der Waals surface area contributed by atoms with Crippen LogP contribution in [0.25, 0.3) is 0 Å². The van der Waals surface area contributed by atoms with Crippen molar-refractivity contribution in [2.45, 2.75) is 12.5 Å². The Hall–Kier alpha value is -1.28. The summed E-state index contributed by atoms with van der Waals surface area (Å²) in [7, 11) is 0. The lowest BCUT2D eigenvalue weighted by Gasteiger charge is -2.28. The zero-order chi connectivity index (χ0) is 12.2. The molecule has 0 saturated heterocycles. The van der Waals surface area contributed by atoms with Gasteiger partial charge in [0.2, 0.25) is 0 Å². The standard InChI is InChI=1S/C11H13ClN2O2/c1-11(6-15,7-16)14-10-4-9(12)3-2-8(10)5-13/h2-4,14-16H,6-7H2,1H3. The molecule has 0 aliphatic rings. The molecule has 0 aliphatic carbocycles. The maximum atomic E-state index is 9.14. The first-order valence-electron chi connectivity index (χ1n) is 4.74. The Kier molecular flexibility index (Phi) is 4.13. The Morgan fingerprint density at radius 3 is 2.56 bits per heavy atom. The quantitative estimate of drug-likeness (QED) is 0.743. The Balaban J connectivity index is 3.05. The molecular formula is C11H13ClN2O2. The minimum absolute atomic E-state index is 0.249. The van der Waals surface area contributed by atoms with E-state index in [1.54, 1.807) is 25.1 Å². The lowest BCUT2D eigenvalue weighted by atomic mass is 10.0. The van der Waals surface area contributed by atoms with Crippen molar-refractivity contribution in [3.8, 4) is 6.07 Å². The number of hydrogen-bond acceptors (Lipinski definition) is 4. The third-order valence-corrected chi connectivity index (χ3v) is 2.47. The Labute approximate surface area is 99.1 Å². The van der Waals surface area contributed by atoms with Gasteiger partial charge in [-0.2, -0.15) is 5.26 Å². The highest BCUT2D eigenvalue weighted by atomic mass is 35.5. The van der Waals surface area contributed by atoms with Gasteiger partial charge in [-0.15, -0.1) is 0 Å². The molecule has 0 saturated carbocycles. The number of aliphatic hydroxyl groups excluding tert-OH is 2. The lowest BCUT2D eigenvalue weighted by Crippen LogP contribution is -2.42. The SMILES string of the molecule is CC(CO)(CO)Nc1cc(Cl)ccc1C#N. The summed E-state index contributed by atoms with van der Waals surface area (Å²) in [6.07, 6.45) is 0. The number of halogens is 1. The Morgan fingerprint density at radius 2 is 2.06 bits per heavy atom. The van der Waals surface area contributed by atoms with Crippen LogP contribution in [-0.2, 0) is 0 Å². The molecule has 3 N–H and O–H groups in total. The van der Waals surface area contributed by atoms with Crippen molar-refractivity contribution in [3.05, 3.63) is 28.8 Å². The Bertz CT molecular complexity index is 411. The summed E-state index contributed by atoms with van der Waals surface area (Å²) in [5.74, 6) is 0. The molecule has 0 heterocycles. The second-order valence-electron chi connectivity index (χ2n) is 3.80. The number of benzene rings is 1. The molecule has 0 aliphatic heterocycles. The minimum atomic E-state index is -0.879.